The number of carbonyl (C=O) groups is 1. The number of nitrogens with zero attached hydrogens (tertiary/aromatic N) is 2. The van der Waals surface area contributed by atoms with Gasteiger partial charge in [0.15, 0.2) is 0 Å². The highest BCUT2D eigenvalue weighted by Gasteiger charge is 2.23. The summed E-state index contributed by atoms with van der Waals surface area (Å²) in [6, 6.07) is 7.68. The lowest BCUT2D eigenvalue weighted by Crippen LogP contribution is -2.29. The van der Waals surface area contributed by atoms with Gasteiger partial charge >= 0.3 is 0 Å². The zero-order chi connectivity index (χ0) is 14.7. The van der Waals surface area contributed by atoms with Crippen molar-refractivity contribution in [2.75, 3.05) is 14.2 Å². The van der Waals surface area contributed by atoms with Gasteiger partial charge in [0.05, 0.1) is 24.4 Å². The third-order valence-electron chi connectivity index (χ3n) is 3.43. The summed E-state index contributed by atoms with van der Waals surface area (Å²) in [6.45, 7) is 3.84. The second kappa shape index (κ2) is 6.05. The molecule has 4 nitrogen and oxygen atoms in total. The smallest absolute Gasteiger partial charge is 0.266 e. The van der Waals surface area contributed by atoms with Gasteiger partial charge in [0.25, 0.3) is 5.91 Å². The van der Waals surface area contributed by atoms with Crippen molar-refractivity contribution in [3.8, 4) is 5.75 Å². The average Bonchev–Trinajstić information content (AvgIpc) is 2.91. The van der Waals surface area contributed by atoms with Crippen LogP contribution in [0, 0.1) is 6.92 Å². The van der Waals surface area contributed by atoms with Crippen LogP contribution in [0.1, 0.15) is 33.9 Å². The third-order valence-corrected chi connectivity index (χ3v) is 4.35. The molecule has 0 aliphatic rings. The molecule has 0 N–H and O–H groups in total. The number of aromatic nitrogens is 1. The van der Waals surface area contributed by atoms with Gasteiger partial charge in [-0.1, -0.05) is 18.2 Å². The fourth-order valence-corrected chi connectivity index (χ4v) is 2.85. The number of carbonyl (C=O) groups excluding carboxylic acids is 1. The van der Waals surface area contributed by atoms with Crippen LogP contribution in [-0.4, -0.2) is 29.9 Å². The van der Waals surface area contributed by atoms with E-state index in [0.29, 0.717) is 4.88 Å². The van der Waals surface area contributed by atoms with Crippen LogP contribution in [0.4, 0.5) is 0 Å². The minimum absolute atomic E-state index is 0.0107. The van der Waals surface area contributed by atoms with Crippen LogP contribution >= 0.6 is 11.3 Å². The van der Waals surface area contributed by atoms with Crippen LogP contribution in [0.3, 0.4) is 0 Å². The number of rotatable bonds is 4. The second-order valence-electron chi connectivity index (χ2n) is 4.60. The van der Waals surface area contributed by atoms with Crippen LogP contribution in [-0.2, 0) is 0 Å². The number of amides is 1. The Morgan fingerprint density at radius 1 is 1.40 bits per heavy atom. The molecular formula is C15H18N2O2S. The van der Waals surface area contributed by atoms with Crippen molar-refractivity contribution in [3.05, 3.63) is 45.9 Å². The summed E-state index contributed by atoms with van der Waals surface area (Å²) in [5.41, 5.74) is 3.47. The Balaban J connectivity index is 2.27. The maximum atomic E-state index is 12.5. The lowest BCUT2D eigenvalue weighted by molar-refractivity contribution is 0.0745. The van der Waals surface area contributed by atoms with Gasteiger partial charge in [-0.15, -0.1) is 11.3 Å². The summed E-state index contributed by atoms with van der Waals surface area (Å²) < 4.78 is 5.36. The highest BCUT2D eigenvalue weighted by Crippen LogP contribution is 2.29. The van der Waals surface area contributed by atoms with Gasteiger partial charge in [0.2, 0.25) is 0 Å². The molecule has 2 rings (SSSR count). The van der Waals surface area contributed by atoms with Crippen molar-refractivity contribution in [1.82, 2.24) is 9.88 Å². The first kappa shape index (κ1) is 14.5. The summed E-state index contributed by atoms with van der Waals surface area (Å²) in [4.78, 5) is 19.0. The molecule has 0 aliphatic carbocycles. The number of hydrogen-bond donors (Lipinski definition) is 0. The van der Waals surface area contributed by atoms with Gasteiger partial charge in [0, 0.05) is 12.6 Å². The van der Waals surface area contributed by atoms with Gasteiger partial charge in [-0.25, -0.2) is 4.98 Å². The molecule has 1 amide bonds. The number of benzene rings is 1. The first-order valence-electron chi connectivity index (χ1n) is 6.36. The van der Waals surface area contributed by atoms with Gasteiger partial charge < -0.3 is 9.64 Å². The van der Waals surface area contributed by atoms with E-state index in [1.165, 1.54) is 11.3 Å². The third kappa shape index (κ3) is 2.67. The summed E-state index contributed by atoms with van der Waals surface area (Å²) in [7, 11) is 3.44. The highest BCUT2D eigenvalue weighted by molar-refractivity contribution is 7.11. The van der Waals surface area contributed by atoms with Gasteiger partial charge in [0.1, 0.15) is 10.6 Å². The van der Waals surface area contributed by atoms with Crippen molar-refractivity contribution in [2.45, 2.75) is 19.9 Å². The Kier molecular flexibility index (Phi) is 4.39. The van der Waals surface area contributed by atoms with E-state index in [4.69, 9.17) is 4.74 Å². The van der Waals surface area contributed by atoms with E-state index in [1.54, 1.807) is 24.6 Å². The molecule has 1 atom stereocenters. The second-order valence-corrected chi connectivity index (χ2v) is 5.46. The molecule has 1 heterocycles. The van der Waals surface area contributed by atoms with Crippen molar-refractivity contribution >= 4 is 17.2 Å². The zero-order valence-electron chi connectivity index (χ0n) is 12.1. The fraction of sp³-hybridized carbons (Fsp3) is 0.333. The molecule has 0 spiro atoms. The molecule has 106 valence electrons. The standard InChI is InChI=1S/C15H18N2O2S/c1-10-14(20-9-16-10)15(18)17(3)11(2)12-7-5-6-8-13(12)19-4/h5-9,11H,1-4H3/t11-/m0/s1. The van der Waals surface area contributed by atoms with Gasteiger partial charge in [-0.05, 0) is 19.9 Å². The largest absolute Gasteiger partial charge is 0.496 e. The number of para-hydroxylation sites is 1. The molecule has 0 saturated carbocycles. The molecule has 2 aromatic rings. The molecular weight excluding hydrogens is 272 g/mol. The Hall–Kier alpha value is -1.88. The van der Waals surface area contributed by atoms with E-state index in [-0.39, 0.29) is 11.9 Å². The van der Waals surface area contributed by atoms with Crippen molar-refractivity contribution in [3.63, 3.8) is 0 Å². The lowest BCUT2D eigenvalue weighted by Gasteiger charge is -2.26. The monoisotopic (exact) mass is 290 g/mol. The van der Waals surface area contributed by atoms with Gasteiger partial charge in [-0.3, -0.25) is 4.79 Å². The summed E-state index contributed by atoms with van der Waals surface area (Å²) in [5.74, 6) is 0.782. The molecule has 0 bridgehead atoms. The normalized spacial score (nSPS) is 12.0. The fourth-order valence-electron chi connectivity index (χ4n) is 2.06. The summed E-state index contributed by atoms with van der Waals surface area (Å²) in [6.07, 6.45) is 0. The van der Waals surface area contributed by atoms with E-state index >= 15 is 0 Å². The summed E-state index contributed by atoms with van der Waals surface area (Å²) in [5, 5.41) is 0. The van der Waals surface area contributed by atoms with E-state index in [2.05, 4.69) is 4.98 Å². The predicted molar refractivity (Wildman–Crippen MR) is 80.4 cm³/mol. The lowest BCUT2D eigenvalue weighted by atomic mass is 10.1. The van der Waals surface area contributed by atoms with Crippen molar-refractivity contribution < 1.29 is 9.53 Å². The maximum Gasteiger partial charge on any atom is 0.266 e. The summed E-state index contributed by atoms with van der Waals surface area (Å²) >= 11 is 1.37. The Labute approximate surface area is 123 Å². The molecule has 0 fully saturated rings. The van der Waals surface area contributed by atoms with Crippen molar-refractivity contribution in [1.29, 1.82) is 0 Å². The van der Waals surface area contributed by atoms with Crippen LogP contribution in [0.15, 0.2) is 29.8 Å². The average molecular weight is 290 g/mol. The minimum Gasteiger partial charge on any atom is -0.496 e. The number of hydrogen-bond acceptors (Lipinski definition) is 4. The minimum atomic E-state index is -0.0693. The Bertz CT molecular complexity index is 609. The maximum absolute atomic E-state index is 12.5. The molecule has 5 heteroatoms. The van der Waals surface area contributed by atoms with Crippen LogP contribution in [0.5, 0.6) is 5.75 Å². The van der Waals surface area contributed by atoms with Crippen LogP contribution in [0.25, 0.3) is 0 Å². The highest BCUT2D eigenvalue weighted by atomic mass is 32.1. The SMILES string of the molecule is COc1ccccc1[C@H](C)N(C)C(=O)c1scnc1C. The Morgan fingerprint density at radius 3 is 2.70 bits per heavy atom. The first-order valence-corrected chi connectivity index (χ1v) is 7.24. The van der Waals surface area contributed by atoms with Crippen LogP contribution in [0.2, 0.25) is 0 Å². The quantitative estimate of drug-likeness (QED) is 0.867. The topological polar surface area (TPSA) is 42.4 Å². The van der Waals surface area contributed by atoms with E-state index < -0.39 is 0 Å². The van der Waals surface area contributed by atoms with Crippen LogP contribution < -0.4 is 4.74 Å². The zero-order valence-corrected chi connectivity index (χ0v) is 12.9. The van der Waals surface area contributed by atoms with E-state index in [0.717, 1.165) is 17.0 Å². The molecule has 0 aliphatic heterocycles. The van der Waals surface area contributed by atoms with Crippen molar-refractivity contribution in [2.24, 2.45) is 0 Å². The predicted octanol–water partition coefficient (Wildman–Crippen LogP) is 3.29. The van der Waals surface area contributed by atoms with Gasteiger partial charge in [-0.2, -0.15) is 0 Å². The molecule has 20 heavy (non-hydrogen) atoms. The number of methoxy groups -OCH3 is 1. The molecule has 1 aromatic carbocycles. The number of ether oxygens (including phenoxy) is 1. The number of aryl methyl sites for hydroxylation is 1. The van der Waals surface area contributed by atoms with E-state index in [9.17, 15) is 4.79 Å². The molecule has 1 aromatic heterocycles. The Morgan fingerprint density at radius 2 is 2.10 bits per heavy atom. The molecule has 0 saturated heterocycles. The molecule has 0 unspecified atom stereocenters. The number of thiazole rings is 1. The molecule has 0 radical (unpaired) electrons. The first-order chi connectivity index (χ1) is 9.56. The van der Waals surface area contributed by atoms with E-state index in [1.807, 2.05) is 38.1 Å².